The van der Waals surface area contributed by atoms with Crippen LogP contribution in [-0.4, -0.2) is 56.0 Å². The summed E-state index contributed by atoms with van der Waals surface area (Å²) in [4.78, 5) is 12.0. The lowest BCUT2D eigenvalue weighted by Gasteiger charge is -2.45. The summed E-state index contributed by atoms with van der Waals surface area (Å²) in [6.45, 7) is 8.95. The molecule has 0 amide bonds. The Balaban J connectivity index is 1.76. The van der Waals surface area contributed by atoms with Crippen LogP contribution in [0.3, 0.4) is 0 Å². The number of hydrogen-bond donors (Lipinski definition) is 0. The van der Waals surface area contributed by atoms with Crippen LogP contribution in [-0.2, 0) is 28.5 Å². The standard InChI is InChI=1S/C15H24O6/c1-5-17-13-9-10(14(16)18-6-2)12(9)20-8-7-19-15(3,4)21-11(8)13/h8-13H,5-7H2,1-4H3/t8-,9+,10+,11-,12+,13-/m1/s1. The lowest BCUT2D eigenvalue weighted by atomic mass is 9.98. The van der Waals surface area contributed by atoms with Crippen molar-refractivity contribution in [3.63, 3.8) is 0 Å². The van der Waals surface area contributed by atoms with Gasteiger partial charge >= 0.3 is 5.97 Å². The van der Waals surface area contributed by atoms with Crippen molar-refractivity contribution in [3.05, 3.63) is 0 Å². The van der Waals surface area contributed by atoms with E-state index in [2.05, 4.69) is 0 Å². The van der Waals surface area contributed by atoms with Crippen LogP contribution in [0.5, 0.6) is 0 Å². The summed E-state index contributed by atoms with van der Waals surface area (Å²) >= 11 is 0. The van der Waals surface area contributed by atoms with E-state index in [4.69, 9.17) is 23.7 Å². The molecule has 6 atom stereocenters. The molecule has 21 heavy (non-hydrogen) atoms. The third kappa shape index (κ3) is 2.70. The Morgan fingerprint density at radius 1 is 1.24 bits per heavy atom. The Labute approximate surface area is 125 Å². The van der Waals surface area contributed by atoms with Gasteiger partial charge in [0.15, 0.2) is 5.79 Å². The van der Waals surface area contributed by atoms with Gasteiger partial charge in [0.05, 0.1) is 31.3 Å². The lowest BCUT2D eigenvalue weighted by molar-refractivity contribution is -0.340. The molecule has 6 nitrogen and oxygen atoms in total. The van der Waals surface area contributed by atoms with Crippen molar-refractivity contribution < 1.29 is 28.5 Å². The zero-order chi connectivity index (χ0) is 15.2. The van der Waals surface area contributed by atoms with Crippen molar-refractivity contribution >= 4 is 5.97 Å². The average Bonchev–Trinajstić information content (AvgIpc) is 3.13. The monoisotopic (exact) mass is 300 g/mol. The second-order valence-electron chi connectivity index (χ2n) is 6.21. The second kappa shape index (κ2) is 5.50. The van der Waals surface area contributed by atoms with Crippen molar-refractivity contribution in [2.75, 3.05) is 19.8 Å². The van der Waals surface area contributed by atoms with Gasteiger partial charge in [0, 0.05) is 12.5 Å². The number of carbonyl (C=O) groups is 1. The molecule has 0 radical (unpaired) electrons. The Hall–Kier alpha value is -0.690. The van der Waals surface area contributed by atoms with E-state index in [9.17, 15) is 4.79 Å². The maximum Gasteiger partial charge on any atom is 0.312 e. The molecule has 0 unspecified atom stereocenters. The van der Waals surface area contributed by atoms with Crippen LogP contribution in [0.25, 0.3) is 0 Å². The Kier molecular flexibility index (Phi) is 3.98. The molecule has 0 bridgehead atoms. The minimum absolute atomic E-state index is 0.0270. The molecular formula is C15H24O6. The van der Waals surface area contributed by atoms with Crippen molar-refractivity contribution in [1.29, 1.82) is 0 Å². The first-order valence-corrected chi connectivity index (χ1v) is 7.74. The lowest BCUT2D eigenvalue weighted by Crippen LogP contribution is -2.58. The van der Waals surface area contributed by atoms with Gasteiger partial charge in [-0.1, -0.05) is 0 Å². The van der Waals surface area contributed by atoms with E-state index in [1.165, 1.54) is 0 Å². The number of ether oxygens (including phenoxy) is 5. The van der Waals surface area contributed by atoms with Crippen molar-refractivity contribution in [2.24, 2.45) is 11.8 Å². The fourth-order valence-corrected chi connectivity index (χ4v) is 3.43. The molecule has 0 aromatic heterocycles. The Morgan fingerprint density at radius 3 is 2.67 bits per heavy atom. The van der Waals surface area contributed by atoms with Crippen molar-refractivity contribution in [3.8, 4) is 0 Å². The zero-order valence-electron chi connectivity index (χ0n) is 13.0. The number of rotatable bonds is 4. The predicted octanol–water partition coefficient (Wildman–Crippen LogP) is 1.12. The quantitative estimate of drug-likeness (QED) is 0.725. The molecule has 0 N–H and O–H groups in total. The molecule has 3 aliphatic rings. The first-order valence-electron chi connectivity index (χ1n) is 7.74. The van der Waals surface area contributed by atoms with Gasteiger partial charge in [0.1, 0.15) is 12.2 Å². The summed E-state index contributed by atoms with van der Waals surface area (Å²) in [6, 6.07) is 0. The normalized spacial score (nSPS) is 43.6. The average molecular weight is 300 g/mol. The summed E-state index contributed by atoms with van der Waals surface area (Å²) in [5, 5.41) is 0. The van der Waals surface area contributed by atoms with Crippen LogP contribution in [0, 0.1) is 11.8 Å². The Bertz CT molecular complexity index is 409. The Morgan fingerprint density at radius 2 is 2.00 bits per heavy atom. The highest BCUT2D eigenvalue weighted by Gasteiger charge is 2.68. The third-order valence-corrected chi connectivity index (χ3v) is 4.34. The smallest absolute Gasteiger partial charge is 0.312 e. The molecule has 0 aromatic rings. The van der Waals surface area contributed by atoms with Crippen molar-refractivity contribution in [2.45, 2.75) is 57.9 Å². The van der Waals surface area contributed by atoms with E-state index < -0.39 is 5.79 Å². The molecule has 2 aliphatic heterocycles. The van der Waals surface area contributed by atoms with E-state index in [0.717, 1.165) is 0 Å². The van der Waals surface area contributed by atoms with E-state index in [1.54, 1.807) is 0 Å². The van der Waals surface area contributed by atoms with Crippen LogP contribution in [0.4, 0.5) is 0 Å². The molecule has 0 spiro atoms. The summed E-state index contributed by atoms with van der Waals surface area (Å²) < 4.78 is 28.7. The van der Waals surface area contributed by atoms with E-state index in [-0.39, 0.29) is 42.2 Å². The highest BCUT2D eigenvalue weighted by atomic mass is 16.7. The number of esters is 1. The third-order valence-electron chi connectivity index (χ3n) is 4.34. The molecule has 1 saturated carbocycles. The summed E-state index contributed by atoms with van der Waals surface area (Å²) in [7, 11) is 0. The molecule has 120 valence electrons. The van der Waals surface area contributed by atoms with Gasteiger partial charge in [-0.25, -0.2) is 0 Å². The van der Waals surface area contributed by atoms with Gasteiger partial charge in [-0.05, 0) is 27.7 Å². The fourth-order valence-electron chi connectivity index (χ4n) is 3.43. The molecule has 1 aliphatic carbocycles. The zero-order valence-corrected chi connectivity index (χ0v) is 13.0. The van der Waals surface area contributed by atoms with E-state index in [0.29, 0.717) is 19.8 Å². The summed E-state index contributed by atoms with van der Waals surface area (Å²) in [5.74, 6) is -1.06. The minimum Gasteiger partial charge on any atom is -0.466 e. The van der Waals surface area contributed by atoms with Gasteiger partial charge in [0.25, 0.3) is 0 Å². The minimum atomic E-state index is -0.652. The van der Waals surface area contributed by atoms with Gasteiger partial charge < -0.3 is 23.7 Å². The fraction of sp³-hybridized carbons (Fsp3) is 0.933. The van der Waals surface area contributed by atoms with Gasteiger partial charge in [-0.2, -0.15) is 0 Å². The number of hydrogen-bond acceptors (Lipinski definition) is 6. The molecule has 3 fully saturated rings. The molecule has 0 aromatic carbocycles. The van der Waals surface area contributed by atoms with Crippen LogP contribution in [0.15, 0.2) is 0 Å². The maximum atomic E-state index is 12.0. The molecule has 3 rings (SSSR count). The maximum absolute atomic E-state index is 12.0. The van der Waals surface area contributed by atoms with Gasteiger partial charge in [-0.15, -0.1) is 0 Å². The topological polar surface area (TPSA) is 63.2 Å². The largest absolute Gasteiger partial charge is 0.466 e. The van der Waals surface area contributed by atoms with E-state index in [1.807, 2.05) is 27.7 Å². The predicted molar refractivity (Wildman–Crippen MR) is 72.6 cm³/mol. The van der Waals surface area contributed by atoms with Crippen LogP contribution >= 0.6 is 0 Å². The molecule has 2 saturated heterocycles. The molecular weight excluding hydrogens is 276 g/mol. The van der Waals surface area contributed by atoms with Crippen LogP contribution in [0.2, 0.25) is 0 Å². The molecule has 2 heterocycles. The van der Waals surface area contributed by atoms with Gasteiger partial charge in [0.2, 0.25) is 0 Å². The summed E-state index contributed by atoms with van der Waals surface area (Å²) in [6.07, 6.45) is -0.656. The first kappa shape index (κ1) is 15.2. The highest BCUT2D eigenvalue weighted by molar-refractivity contribution is 5.77. The van der Waals surface area contributed by atoms with Gasteiger partial charge in [-0.3, -0.25) is 4.79 Å². The van der Waals surface area contributed by atoms with Crippen LogP contribution < -0.4 is 0 Å². The second-order valence-corrected chi connectivity index (χ2v) is 6.21. The number of fused-ring (bicyclic) bond motifs is 2. The van der Waals surface area contributed by atoms with Crippen molar-refractivity contribution in [1.82, 2.24) is 0 Å². The van der Waals surface area contributed by atoms with E-state index >= 15 is 0 Å². The highest BCUT2D eigenvalue weighted by Crippen LogP contribution is 2.53. The first-order chi connectivity index (χ1) is 9.98. The summed E-state index contributed by atoms with van der Waals surface area (Å²) in [5.41, 5.74) is 0. The SMILES string of the molecule is CCOC(=O)[C@@H]1[C@H]2O[C@@H]3COC(C)(C)O[C@H]3[C@H](OCC)[C@H]21. The molecule has 6 heteroatoms. The van der Waals surface area contributed by atoms with Crippen LogP contribution in [0.1, 0.15) is 27.7 Å². The number of carbonyl (C=O) groups excluding carboxylic acids is 1.